The molecule has 0 radical (unpaired) electrons. The van der Waals surface area contributed by atoms with Crippen LogP contribution in [0.3, 0.4) is 0 Å². The molecule has 2 heterocycles. The van der Waals surface area contributed by atoms with Crippen LogP contribution in [-0.2, 0) is 0 Å². The third kappa shape index (κ3) is 2.92. The maximum absolute atomic E-state index is 6.00. The van der Waals surface area contributed by atoms with Crippen LogP contribution in [0.2, 0.25) is 10.0 Å². The van der Waals surface area contributed by atoms with Gasteiger partial charge in [0.1, 0.15) is 15.1 Å². The quantitative estimate of drug-likeness (QED) is 0.774. The van der Waals surface area contributed by atoms with Crippen LogP contribution in [0.25, 0.3) is 10.6 Å². The Morgan fingerprint density at radius 3 is 2.79 bits per heavy atom. The molecule has 0 fully saturated rings. The van der Waals surface area contributed by atoms with Crippen molar-refractivity contribution in [3.05, 3.63) is 39.8 Å². The first-order chi connectivity index (χ1) is 9.22. The monoisotopic (exact) mass is 328 g/mol. The van der Waals surface area contributed by atoms with E-state index in [0.29, 0.717) is 10.0 Å². The third-order valence-corrected chi connectivity index (χ3v) is 4.86. The van der Waals surface area contributed by atoms with Gasteiger partial charge in [0, 0.05) is 10.9 Å². The smallest absolute Gasteiger partial charge is 0.144 e. The summed E-state index contributed by atoms with van der Waals surface area (Å²) in [5, 5.41) is 15.9. The van der Waals surface area contributed by atoms with Crippen molar-refractivity contribution >= 4 is 46.3 Å². The largest absolute Gasteiger partial charge is 0.229 e. The summed E-state index contributed by atoms with van der Waals surface area (Å²) in [6.45, 7) is 0. The summed E-state index contributed by atoms with van der Waals surface area (Å²) in [5.74, 6) is 0. The average molecular weight is 329 g/mol. The highest BCUT2D eigenvalue weighted by atomic mass is 35.5. The van der Waals surface area contributed by atoms with Gasteiger partial charge in [-0.05, 0) is 23.9 Å². The molecule has 2 aromatic heterocycles. The fourth-order valence-electron chi connectivity index (χ4n) is 1.42. The lowest BCUT2D eigenvalue weighted by atomic mass is 10.2. The van der Waals surface area contributed by atoms with Gasteiger partial charge in [0.2, 0.25) is 0 Å². The molecule has 1 N–H and O–H groups in total. The zero-order valence-corrected chi connectivity index (χ0v) is 12.4. The second kappa shape index (κ2) is 5.50. The van der Waals surface area contributed by atoms with Crippen molar-refractivity contribution in [3.63, 3.8) is 0 Å². The van der Waals surface area contributed by atoms with Gasteiger partial charge in [0.15, 0.2) is 0 Å². The first kappa shape index (κ1) is 12.9. The summed E-state index contributed by atoms with van der Waals surface area (Å²) in [6, 6.07) is 5.48. The van der Waals surface area contributed by atoms with Crippen molar-refractivity contribution < 1.29 is 0 Å². The number of thiazole rings is 1. The molecule has 0 aliphatic rings. The van der Waals surface area contributed by atoms with Gasteiger partial charge in [0.05, 0.1) is 16.2 Å². The van der Waals surface area contributed by atoms with Crippen LogP contribution in [0, 0.1) is 0 Å². The molecular formula is C11H6Cl2N4S2. The molecule has 0 aliphatic carbocycles. The predicted molar refractivity (Wildman–Crippen MR) is 78.1 cm³/mol. The molecule has 8 heteroatoms. The number of benzene rings is 1. The molecular weight excluding hydrogens is 323 g/mol. The molecule has 3 aromatic rings. The van der Waals surface area contributed by atoms with E-state index < -0.39 is 0 Å². The minimum Gasteiger partial charge on any atom is -0.229 e. The summed E-state index contributed by atoms with van der Waals surface area (Å²) in [5.41, 5.74) is 0.950. The Bertz CT molecular complexity index is 697. The molecule has 0 atom stereocenters. The van der Waals surface area contributed by atoms with Gasteiger partial charge in [0.25, 0.3) is 0 Å². The first-order valence-electron chi connectivity index (χ1n) is 5.17. The van der Waals surface area contributed by atoms with Crippen LogP contribution in [0.4, 0.5) is 0 Å². The molecule has 0 spiro atoms. The molecule has 3 rings (SSSR count). The van der Waals surface area contributed by atoms with Crippen LogP contribution in [0.15, 0.2) is 39.8 Å². The summed E-state index contributed by atoms with van der Waals surface area (Å²) in [4.78, 5) is 4.52. The topological polar surface area (TPSA) is 54.5 Å². The van der Waals surface area contributed by atoms with E-state index in [0.717, 1.165) is 20.6 Å². The molecule has 19 heavy (non-hydrogen) atoms. The molecule has 0 bridgehead atoms. The molecule has 4 nitrogen and oxygen atoms in total. The highest BCUT2D eigenvalue weighted by molar-refractivity contribution is 7.99. The van der Waals surface area contributed by atoms with Gasteiger partial charge < -0.3 is 0 Å². The van der Waals surface area contributed by atoms with Gasteiger partial charge >= 0.3 is 0 Å². The lowest BCUT2D eigenvalue weighted by Gasteiger charge is -1.99. The van der Waals surface area contributed by atoms with E-state index in [2.05, 4.69) is 20.4 Å². The minimum absolute atomic E-state index is 0.528. The molecule has 1 aromatic carbocycles. The predicted octanol–water partition coefficient (Wildman–Crippen LogP) is 4.39. The van der Waals surface area contributed by atoms with Crippen molar-refractivity contribution in [1.29, 1.82) is 0 Å². The summed E-state index contributed by atoms with van der Waals surface area (Å²) in [6.07, 6.45) is 1.66. The number of hydrogen-bond donors (Lipinski definition) is 1. The van der Waals surface area contributed by atoms with Crippen molar-refractivity contribution in [2.24, 2.45) is 0 Å². The maximum atomic E-state index is 6.00. The lowest BCUT2D eigenvalue weighted by Crippen LogP contribution is -1.78. The molecule has 96 valence electrons. The van der Waals surface area contributed by atoms with Crippen LogP contribution in [0.5, 0.6) is 0 Å². The van der Waals surface area contributed by atoms with Crippen molar-refractivity contribution in [3.8, 4) is 10.6 Å². The Morgan fingerprint density at radius 2 is 2.05 bits per heavy atom. The van der Waals surface area contributed by atoms with E-state index in [1.807, 2.05) is 17.5 Å². The molecule has 0 amide bonds. The second-order valence-corrected chi connectivity index (χ2v) is 6.24. The van der Waals surface area contributed by atoms with Gasteiger partial charge in [-0.15, -0.1) is 16.4 Å². The van der Waals surface area contributed by atoms with E-state index in [1.165, 1.54) is 11.8 Å². The number of H-pyrrole nitrogens is 1. The van der Waals surface area contributed by atoms with E-state index in [4.69, 9.17) is 23.2 Å². The third-order valence-electron chi connectivity index (χ3n) is 2.25. The maximum Gasteiger partial charge on any atom is 0.144 e. The summed E-state index contributed by atoms with van der Waals surface area (Å²) in [7, 11) is 0. The Balaban J connectivity index is 1.86. The lowest BCUT2D eigenvalue weighted by molar-refractivity contribution is 0.910. The highest BCUT2D eigenvalue weighted by Gasteiger charge is 2.09. The molecule has 0 saturated carbocycles. The first-order valence-corrected chi connectivity index (χ1v) is 7.62. The van der Waals surface area contributed by atoms with E-state index >= 15 is 0 Å². The zero-order chi connectivity index (χ0) is 13.2. The standard InChI is InChI=1S/C11H6Cl2N4S2/c12-7-2-1-6(3-8(7)13)11-15-10(5-18-11)19-9-4-14-17-16-9/h1-5H,(H,14,16,17). The van der Waals surface area contributed by atoms with Crippen molar-refractivity contribution in [1.82, 2.24) is 20.4 Å². The fourth-order valence-corrected chi connectivity index (χ4v) is 3.33. The molecule has 0 unspecified atom stereocenters. The normalized spacial score (nSPS) is 10.8. The number of halogens is 2. The second-order valence-electron chi connectivity index (χ2n) is 3.53. The number of nitrogens with one attached hydrogen (secondary N) is 1. The van der Waals surface area contributed by atoms with Crippen molar-refractivity contribution in [2.45, 2.75) is 10.1 Å². The molecule has 0 aliphatic heterocycles. The van der Waals surface area contributed by atoms with Gasteiger partial charge in [-0.3, -0.25) is 0 Å². The SMILES string of the molecule is Clc1ccc(-c2nc(Sc3cn[nH]n3)cs2)cc1Cl. The van der Waals surface area contributed by atoms with Crippen molar-refractivity contribution in [2.75, 3.05) is 0 Å². The Labute approximate surface area is 127 Å². The highest BCUT2D eigenvalue weighted by Crippen LogP contribution is 2.33. The summed E-state index contributed by atoms with van der Waals surface area (Å²) >= 11 is 14.9. The number of aromatic nitrogens is 4. The van der Waals surface area contributed by atoms with Gasteiger partial charge in [-0.25, -0.2) is 4.98 Å². The number of hydrogen-bond acceptors (Lipinski definition) is 5. The van der Waals surface area contributed by atoms with Crippen LogP contribution >= 0.6 is 46.3 Å². The molecule has 0 saturated heterocycles. The summed E-state index contributed by atoms with van der Waals surface area (Å²) < 4.78 is 0. The van der Waals surface area contributed by atoms with Gasteiger partial charge in [-0.1, -0.05) is 29.3 Å². The number of nitrogens with zero attached hydrogens (tertiary/aromatic N) is 3. The van der Waals surface area contributed by atoms with E-state index in [-0.39, 0.29) is 0 Å². The van der Waals surface area contributed by atoms with Crippen LogP contribution in [0.1, 0.15) is 0 Å². The van der Waals surface area contributed by atoms with E-state index in [9.17, 15) is 0 Å². The van der Waals surface area contributed by atoms with Crippen LogP contribution < -0.4 is 0 Å². The average Bonchev–Trinajstić information content (AvgIpc) is 3.05. The minimum atomic E-state index is 0.528. The Hall–Kier alpha value is -1.08. The zero-order valence-electron chi connectivity index (χ0n) is 9.30. The number of rotatable bonds is 3. The number of aromatic amines is 1. The Kier molecular flexibility index (Phi) is 3.74. The van der Waals surface area contributed by atoms with E-state index in [1.54, 1.807) is 23.6 Å². The van der Waals surface area contributed by atoms with Crippen LogP contribution in [-0.4, -0.2) is 20.4 Å². The fraction of sp³-hybridized carbons (Fsp3) is 0. The Morgan fingerprint density at radius 1 is 1.16 bits per heavy atom. The van der Waals surface area contributed by atoms with Gasteiger partial charge in [-0.2, -0.15) is 10.3 Å².